The standard InChI is InChI=1S/C8H15NO2/c1-3-6-11-8(10)9-5-4-7(9)2/h7H,3-6H2,1-2H3. The molecule has 1 atom stereocenters. The van der Waals surface area contributed by atoms with Crippen LogP contribution in [0.5, 0.6) is 0 Å². The lowest BCUT2D eigenvalue weighted by Gasteiger charge is -2.37. The van der Waals surface area contributed by atoms with E-state index in [0.29, 0.717) is 12.6 Å². The minimum absolute atomic E-state index is 0.148. The van der Waals surface area contributed by atoms with Gasteiger partial charge in [0.2, 0.25) is 0 Å². The minimum Gasteiger partial charge on any atom is -0.449 e. The number of hydrogen-bond donors (Lipinski definition) is 0. The predicted molar refractivity (Wildman–Crippen MR) is 42.4 cm³/mol. The Morgan fingerprint density at radius 3 is 2.82 bits per heavy atom. The molecule has 1 heterocycles. The molecule has 0 aromatic carbocycles. The molecule has 1 amide bonds. The molecule has 0 N–H and O–H groups in total. The van der Waals surface area contributed by atoms with Gasteiger partial charge in [0.15, 0.2) is 0 Å². The topological polar surface area (TPSA) is 29.5 Å². The van der Waals surface area contributed by atoms with E-state index in [-0.39, 0.29) is 6.09 Å². The summed E-state index contributed by atoms with van der Waals surface area (Å²) in [6.45, 7) is 5.44. The summed E-state index contributed by atoms with van der Waals surface area (Å²) in [5.41, 5.74) is 0. The van der Waals surface area contributed by atoms with Gasteiger partial charge >= 0.3 is 6.09 Å². The second-order valence-corrected chi connectivity index (χ2v) is 2.95. The maximum atomic E-state index is 11.1. The number of carbonyl (C=O) groups is 1. The van der Waals surface area contributed by atoms with E-state index in [4.69, 9.17) is 4.74 Å². The van der Waals surface area contributed by atoms with Crippen molar-refractivity contribution in [1.29, 1.82) is 0 Å². The Labute approximate surface area is 67.3 Å². The average Bonchev–Trinajstić information content (AvgIpc) is 1.98. The Hall–Kier alpha value is -0.730. The van der Waals surface area contributed by atoms with Crippen LogP contribution in [0.25, 0.3) is 0 Å². The molecule has 11 heavy (non-hydrogen) atoms. The van der Waals surface area contributed by atoms with E-state index < -0.39 is 0 Å². The quantitative estimate of drug-likeness (QED) is 0.609. The third-order valence-corrected chi connectivity index (χ3v) is 1.98. The lowest BCUT2D eigenvalue weighted by atomic mass is 10.1. The number of likely N-dealkylation sites (tertiary alicyclic amines) is 1. The number of ether oxygens (including phenoxy) is 1. The van der Waals surface area contributed by atoms with Gasteiger partial charge in [0.1, 0.15) is 0 Å². The summed E-state index contributed by atoms with van der Waals surface area (Å²) in [4.78, 5) is 12.9. The van der Waals surface area contributed by atoms with Crippen LogP contribution in [0.2, 0.25) is 0 Å². The molecule has 0 bridgehead atoms. The van der Waals surface area contributed by atoms with E-state index in [1.165, 1.54) is 0 Å². The summed E-state index contributed by atoms with van der Waals surface area (Å²) in [7, 11) is 0. The van der Waals surface area contributed by atoms with Gasteiger partial charge < -0.3 is 9.64 Å². The first-order valence-corrected chi connectivity index (χ1v) is 4.19. The molecule has 0 radical (unpaired) electrons. The fourth-order valence-electron chi connectivity index (χ4n) is 1.06. The maximum absolute atomic E-state index is 11.1. The minimum atomic E-state index is -0.148. The van der Waals surface area contributed by atoms with Gasteiger partial charge in [-0.3, -0.25) is 0 Å². The van der Waals surface area contributed by atoms with Crippen LogP contribution in [0.4, 0.5) is 4.79 Å². The van der Waals surface area contributed by atoms with E-state index >= 15 is 0 Å². The van der Waals surface area contributed by atoms with Crippen molar-refractivity contribution in [2.45, 2.75) is 32.7 Å². The van der Waals surface area contributed by atoms with Crippen molar-refractivity contribution in [3.8, 4) is 0 Å². The molecule has 1 unspecified atom stereocenters. The third-order valence-electron chi connectivity index (χ3n) is 1.98. The molecule has 1 aliphatic rings. The molecule has 0 spiro atoms. The molecule has 3 heteroatoms. The average molecular weight is 157 g/mol. The van der Waals surface area contributed by atoms with Gasteiger partial charge in [-0.15, -0.1) is 0 Å². The van der Waals surface area contributed by atoms with Crippen LogP contribution in [0.1, 0.15) is 26.7 Å². The molecule has 0 aliphatic carbocycles. The summed E-state index contributed by atoms with van der Waals surface area (Å²) < 4.78 is 4.95. The first kappa shape index (κ1) is 8.37. The Bertz CT molecular complexity index is 147. The summed E-state index contributed by atoms with van der Waals surface area (Å²) >= 11 is 0. The third kappa shape index (κ3) is 1.85. The van der Waals surface area contributed by atoms with Crippen LogP contribution < -0.4 is 0 Å². The molecule has 0 saturated carbocycles. The smallest absolute Gasteiger partial charge is 0.409 e. The second kappa shape index (κ2) is 3.60. The zero-order chi connectivity index (χ0) is 8.27. The van der Waals surface area contributed by atoms with E-state index in [0.717, 1.165) is 19.4 Å². The van der Waals surface area contributed by atoms with Gasteiger partial charge in [0.25, 0.3) is 0 Å². The van der Waals surface area contributed by atoms with Gasteiger partial charge in [0.05, 0.1) is 6.61 Å². The molecular formula is C8H15NO2. The number of hydrogen-bond acceptors (Lipinski definition) is 2. The van der Waals surface area contributed by atoms with Crippen LogP contribution in [0.15, 0.2) is 0 Å². The van der Waals surface area contributed by atoms with Gasteiger partial charge in [-0.25, -0.2) is 4.79 Å². The van der Waals surface area contributed by atoms with Crippen molar-refractivity contribution in [3.63, 3.8) is 0 Å². The lowest BCUT2D eigenvalue weighted by molar-refractivity contribution is 0.0543. The summed E-state index contributed by atoms with van der Waals surface area (Å²) in [5, 5.41) is 0. The van der Waals surface area contributed by atoms with Crippen LogP contribution in [-0.4, -0.2) is 30.2 Å². The molecule has 1 rings (SSSR count). The molecule has 1 aliphatic heterocycles. The molecule has 1 saturated heterocycles. The van der Waals surface area contributed by atoms with Crippen molar-refractivity contribution < 1.29 is 9.53 Å². The number of nitrogens with zero attached hydrogens (tertiary/aromatic N) is 1. The highest BCUT2D eigenvalue weighted by Crippen LogP contribution is 2.16. The van der Waals surface area contributed by atoms with Crippen molar-refractivity contribution in [2.75, 3.05) is 13.2 Å². The molecule has 1 fully saturated rings. The maximum Gasteiger partial charge on any atom is 0.409 e. The monoisotopic (exact) mass is 157 g/mol. The lowest BCUT2D eigenvalue weighted by Crippen LogP contribution is -2.49. The highest BCUT2D eigenvalue weighted by atomic mass is 16.6. The number of amides is 1. The van der Waals surface area contributed by atoms with Crippen LogP contribution in [0, 0.1) is 0 Å². The van der Waals surface area contributed by atoms with E-state index in [2.05, 4.69) is 0 Å². The summed E-state index contributed by atoms with van der Waals surface area (Å²) in [6.07, 6.45) is 1.86. The Morgan fingerprint density at radius 2 is 2.45 bits per heavy atom. The van der Waals surface area contributed by atoms with Crippen LogP contribution >= 0.6 is 0 Å². The number of rotatable bonds is 2. The van der Waals surface area contributed by atoms with Crippen molar-refractivity contribution in [2.24, 2.45) is 0 Å². The molecule has 0 aromatic heterocycles. The normalized spacial score (nSPS) is 22.7. The van der Waals surface area contributed by atoms with Crippen molar-refractivity contribution in [3.05, 3.63) is 0 Å². The first-order chi connectivity index (χ1) is 5.25. The highest BCUT2D eigenvalue weighted by molar-refractivity contribution is 5.68. The van der Waals surface area contributed by atoms with Gasteiger partial charge in [-0.2, -0.15) is 0 Å². The molecule has 64 valence electrons. The largest absolute Gasteiger partial charge is 0.449 e. The SMILES string of the molecule is CCCOC(=O)N1CCC1C. The van der Waals surface area contributed by atoms with E-state index in [9.17, 15) is 4.79 Å². The first-order valence-electron chi connectivity index (χ1n) is 4.19. The van der Waals surface area contributed by atoms with Crippen LogP contribution in [-0.2, 0) is 4.74 Å². The Morgan fingerprint density at radius 1 is 1.73 bits per heavy atom. The van der Waals surface area contributed by atoms with Gasteiger partial charge in [-0.05, 0) is 19.8 Å². The highest BCUT2D eigenvalue weighted by Gasteiger charge is 2.29. The molecule has 3 nitrogen and oxygen atoms in total. The zero-order valence-corrected chi connectivity index (χ0v) is 7.17. The van der Waals surface area contributed by atoms with Crippen LogP contribution in [0.3, 0.4) is 0 Å². The molecule has 0 aromatic rings. The van der Waals surface area contributed by atoms with E-state index in [1.54, 1.807) is 4.90 Å². The summed E-state index contributed by atoms with van der Waals surface area (Å²) in [6, 6.07) is 0.388. The fourth-order valence-corrected chi connectivity index (χ4v) is 1.06. The zero-order valence-electron chi connectivity index (χ0n) is 7.17. The fraction of sp³-hybridized carbons (Fsp3) is 0.875. The van der Waals surface area contributed by atoms with Gasteiger partial charge in [-0.1, -0.05) is 6.92 Å². The Balaban J connectivity index is 2.19. The summed E-state index contributed by atoms with van der Waals surface area (Å²) in [5.74, 6) is 0. The Kier molecular flexibility index (Phi) is 2.74. The van der Waals surface area contributed by atoms with E-state index in [1.807, 2.05) is 13.8 Å². The predicted octanol–water partition coefficient (Wildman–Crippen LogP) is 1.63. The molecular weight excluding hydrogens is 142 g/mol. The van der Waals surface area contributed by atoms with Crippen molar-refractivity contribution in [1.82, 2.24) is 4.90 Å². The number of carbonyl (C=O) groups excluding carboxylic acids is 1. The van der Waals surface area contributed by atoms with Gasteiger partial charge in [0, 0.05) is 12.6 Å². The van der Waals surface area contributed by atoms with Crippen molar-refractivity contribution >= 4 is 6.09 Å². The second-order valence-electron chi connectivity index (χ2n) is 2.95.